The molecular weight excluding hydrogens is 428 g/mol. The van der Waals surface area contributed by atoms with Gasteiger partial charge in [0.2, 0.25) is 5.91 Å². The second-order valence-corrected chi connectivity index (χ2v) is 8.44. The van der Waals surface area contributed by atoms with Gasteiger partial charge in [0.15, 0.2) is 5.76 Å². The van der Waals surface area contributed by atoms with Crippen molar-refractivity contribution >= 4 is 28.9 Å². The first kappa shape index (κ1) is 22.2. The van der Waals surface area contributed by atoms with Gasteiger partial charge in [-0.15, -0.1) is 11.3 Å². The van der Waals surface area contributed by atoms with E-state index < -0.39 is 0 Å². The molecule has 2 aromatic heterocycles. The maximum absolute atomic E-state index is 12.4. The predicted octanol–water partition coefficient (Wildman–Crippen LogP) is 3.34. The van der Waals surface area contributed by atoms with Crippen molar-refractivity contribution < 1.29 is 18.7 Å². The Morgan fingerprint density at radius 3 is 2.56 bits per heavy atom. The van der Waals surface area contributed by atoms with E-state index in [4.69, 9.17) is 9.15 Å². The van der Waals surface area contributed by atoms with E-state index in [0.29, 0.717) is 24.4 Å². The lowest BCUT2D eigenvalue weighted by Crippen LogP contribution is -2.48. The van der Waals surface area contributed by atoms with Crippen molar-refractivity contribution in [3.05, 3.63) is 58.6 Å². The van der Waals surface area contributed by atoms with Crippen LogP contribution in [0.25, 0.3) is 11.5 Å². The molecule has 4 rings (SSSR count). The van der Waals surface area contributed by atoms with Crippen LogP contribution in [0, 0.1) is 0 Å². The second kappa shape index (κ2) is 10.5. The van der Waals surface area contributed by atoms with Gasteiger partial charge in [0.05, 0.1) is 31.5 Å². The third kappa shape index (κ3) is 5.82. The molecule has 168 valence electrons. The molecule has 0 unspecified atom stereocenters. The summed E-state index contributed by atoms with van der Waals surface area (Å²) in [4.78, 5) is 33.3. The molecule has 8 nitrogen and oxygen atoms in total. The van der Waals surface area contributed by atoms with Gasteiger partial charge in [0.1, 0.15) is 10.7 Å². The van der Waals surface area contributed by atoms with Gasteiger partial charge in [-0.25, -0.2) is 9.78 Å². The number of esters is 1. The summed E-state index contributed by atoms with van der Waals surface area (Å²) in [5, 5.41) is 5.98. The molecule has 3 heterocycles. The number of rotatable bonds is 8. The molecule has 1 N–H and O–H groups in total. The molecule has 1 aliphatic heterocycles. The van der Waals surface area contributed by atoms with Crippen molar-refractivity contribution in [2.75, 3.05) is 44.6 Å². The van der Waals surface area contributed by atoms with E-state index in [1.807, 2.05) is 17.5 Å². The average molecular weight is 455 g/mol. The number of aromatic nitrogens is 1. The van der Waals surface area contributed by atoms with Crippen molar-refractivity contribution in [2.24, 2.45) is 0 Å². The molecular formula is C23H26N4O4S. The van der Waals surface area contributed by atoms with Crippen molar-refractivity contribution in [1.82, 2.24) is 14.8 Å². The minimum Gasteiger partial charge on any atom is -0.463 e. The topological polar surface area (TPSA) is 87.9 Å². The molecule has 0 atom stereocenters. The summed E-state index contributed by atoms with van der Waals surface area (Å²) >= 11 is 1.64. The molecule has 3 aromatic rings. The van der Waals surface area contributed by atoms with Crippen molar-refractivity contribution in [1.29, 1.82) is 0 Å². The lowest BCUT2D eigenvalue weighted by Gasteiger charge is -2.33. The Labute approximate surface area is 190 Å². The highest BCUT2D eigenvalue weighted by molar-refractivity contribution is 7.09. The van der Waals surface area contributed by atoms with E-state index >= 15 is 0 Å². The van der Waals surface area contributed by atoms with E-state index in [9.17, 15) is 9.59 Å². The van der Waals surface area contributed by atoms with Gasteiger partial charge in [-0.05, 0) is 43.3 Å². The Morgan fingerprint density at radius 2 is 1.88 bits per heavy atom. The van der Waals surface area contributed by atoms with E-state index in [0.717, 1.165) is 49.2 Å². The van der Waals surface area contributed by atoms with Crippen LogP contribution in [0.1, 0.15) is 22.3 Å². The highest BCUT2D eigenvalue weighted by Crippen LogP contribution is 2.23. The lowest BCUT2D eigenvalue weighted by atomic mass is 10.2. The van der Waals surface area contributed by atoms with Crippen LogP contribution >= 0.6 is 11.3 Å². The first-order valence-electron chi connectivity index (χ1n) is 10.6. The Morgan fingerprint density at radius 1 is 1.12 bits per heavy atom. The van der Waals surface area contributed by atoms with Crippen LogP contribution in [0.5, 0.6) is 0 Å². The van der Waals surface area contributed by atoms with Crippen molar-refractivity contribution in [2.45, 2.75) is 13.5 Å². The van der Waals surface area contributed by atoms with Crippen LogP contribution in [0.4, 0.5) is 5.69 Å². The molecule has 0 spiro atoms. The van der Waals surface area contributed by atoms with Gasteiger partial charge in [-0.3, -0.25) is 14.6 Å². The molecule has 1 aliphatic rings. The number of amides is 1. The Balaban J connectivity index is 1.20. The number of furan rings is 1. The quantitative estimate of drug-likeness (QED) is 0.522. The maximum Gasteiger partial charge on any atom is 0.338 e. The molecule has 9 heteroatoms. The van der Waals surface area contributed by atoms with E-state index in [1.165, 1.54) is 0 Å². The largest absolute Gasteiger partial charge is 0.463 e. The van der Waals surface area contributed by atoms with Crippen LogP contribution in [0.3, 0.4) is 0 Å². The number of anilines is 1. The monoisotopic (exact) mass is 454 g/mol. The Kier molecular flexibility index (Phi) is 7.31. The fraction of sp³-hybridized carbons (Fsp3) is 0.348. The van der Waals surface area contributed by atoms with Gasteiger partial charge in [-0.1, -0.05) is 0 Å². The molecule has 0 bridgehead atoms. The zero-order valence-corrected chi connectivity index (χ0v) is 18.8. The molecule has 1 saturated heterocycles. The molecule has 1 amide bonds. The van der Waals surface area contributed by atoms with Crippen molar-refractivity contribution in [3.8, 4) is 11.5 Å². The smallest absolute Gasteiger partial charge is 0.338 e. The Bertz CT molecular complexity index is 1020. The third-order valence-electron chi connectivity index (χ3n) is 5.20. The number of hydrogen-bond donors (Lipinski definition) is 1. The highest BCUT2D eigenvalue weighted by Gasteiger charge is 2.20. The fourth-order valence-corrected chi connectivity index (χ4v) is 4.35. The van der Waals surface area contributed by atoms with Gasteiger partial charge in [-0.2, -0.15) is 0 Å². The first-order valence-corrected chi connectivity index (χ1v) is 11.5. The summed E-state index contributed by atoms with van der Waals surface area (Å²) in [7, 11) is 0. The summed E-state index contributed by atoms with van der Waals surface area (Å²) < 4.78 is 10.4. The van der Waals surface area contributed by atoms with Crippen LogP contribution in [-0.4, -0.2) is 66.0 Å². The zero-order valence-electron chi connectivity index (χ0n) is 18.0. The lowest BCUT2D eigenvalue weighted by molar-refractivity contribution is -0.117. The van der Waals surface area contributed by atoms with Gasteiger partial charge in [0, 0.05) is 37.2 Å². The average Bonchev–Trinajstić information content (AvgIpc) is 3.48. The molecule has 0 aliphatic carbocycles. The number of carbonyl (C=O) groups is 2. The summed E-state index contributed by atoms with van der Waals surface area (Å²) in [6.45, 7) is 6.67. The number of hydrogen-bond acceptors (Lipinski definition) is 8. The summed E-state index contributed by atoms with van der Waals surface area (Å²) in [5.74, 6) is 0.363. The van der Waals surface area contributed by atoms with Crippen LogP contribution in [-0.2, 0) is 16.1 Å². The number of nitrogens with zero attached hydrogens (tertiary/aromatic N) is 3. The highest BCUT2D eigenvalue weighted by atomic mass is 32.1. The number of carbonyl (C=O) groups excluding carboxylic acids is 2. The van der Waals surface area contributed by atoms with Gasteiger partial charge >= 0.3 is 5.97 Å². The van der Waals surface area contributed by atoms with Crippen molar-refractivity contribution in [3.63, 3.8) is 0 Å². The standard InChI is InChI=1S/C23H26N4O4S/c1-2-30-23(29)17-5-7-18(8-6-17)24-21(28)14-26-9-11-27(12-10-26)15-22-25-19(16-32-22)20-4-3-13-31-20/h3-8,13,16H,2,9-12,14-15H2,1H3,(H,24,28). The zero-order chi connectivity index (χ0) is 22.3. The number of thiazole rings is 1. The minimum absolute atomic E-state index is 0.0645. The van der Waals surface area contributed by atoms with E-state index in [1.54, 1.807) is 48.8 Å². The molecule has 32 heavy (non-hydrogen) atoms. The number of benzene rings is 1. The number of nitrogens with one attached hydrogen (secondary N) is 1. The predicted molar refractivity (Wildman–Crippen MR) is 123 cm³/mol. The number of piperazine rings is 1. The summed E-state index contributed by atoms with van der Waals surface area (Å²) in [5.41, 5.74) is 2.01. The fourth-order valence-electron chi connectivity index (χ4n) is 3.53. The van der Waals surface area contributed by atoms with E-state index in [-0.39, 0.29) is 11.9 Å². The SMILES string of the molecule is CCOC(=O)c1ccc(NC(=O)CN2CCN(Cc3nc(-c4ccco4)cs3)CC2)cc1. The van der Waals surface area contributed by atoms with Crippen LogP contribution in [0.15, 0.2) is 52.5 Å². The Hall–Kier alpha value is -3.01. The molecule has 1 fully saturated rings. The van der Waals surface area contributed by atoms with Gasteiger partial charge in [0.25, 0.3) is 0 Å². The summed E-state index contributed by atoms with van der Waals surface area (Å²) in [6.07, 6.45) is 1.66. The minimum atomic E-state index is -0.363. The molecule has 0 saturated carbocycles. The van der Waals surface area contributed by atoms with E-state index in [2.05, 4.69) is 20.1 Å². The van der Waals surface area contributed by atoms with Gasteiger partial charge < -0.3 is 14.5 Å². The van der Waals surface area contributed by atoms with Crippen LogP contribution < -0.4 is 5.32 Å². The first-order chi connectivity index (χ1) is 15.6. The third-order valence-corrected chi connectivity index (χ3v) is 6.03. The summed E-state index contributed by atoms with van der Waals surface area (Å²) in [6, 6.07) is 10.5. The normalized spacial score (nSPS) is 14.9. The molecule has 0 radical (unpaired) electrons. The second-order valence-electron chi connectivity index (χ2n) is 7.50. The maximum atomic E-state index is 12.4. The number of ether oxygens (including phenoxy) is 1. The molecule has 1 aromatic carbocycles. The van der Waals surface area contributed by atoms with Crippen LogP contribution in [0.2, 0.25) is 0 Å².